The van der Waals surface area contributed by atoms with E-state index in [0.717, 1.165) is 13.0 Å². The summed E-state index contributed by atoms with van der Waals surface area (Å²) in [6.07, 6.45) is 3.44. The molecular formula is C10H15NO. The summed E-state index contributed by atoms with van der Waals surface area (Å²) in [6, 6.07) is 0.427. The summed E-state index contributed by atoms with van der Waals surface area (Å²) >= 11 is 0. The van der Waals surface area contributed by atoms with Crippen LogP contribution in [0.5, 0.6) is 0 Å². The summed E-state index contributed by atoms with van der Waals surface area (Å²) in [4.78, 5) is 11.2. The molecule has 0 bridgehead atoms. The minimum absolute atomic E-state index is 0.267. The molecule has 1 heterocycles. The third-order valence-corrected chi connectivity index (χ3v) is 2.10. The second-order valence-corrected chi connectivity index (χ2v) is 3.14. The van der Waals surface area contributed by atoms with E-state index < -0.39 is 0 Å². The van der Waals surface area contributed by atoms with Crippen LogP contribution in [0.2, 0.25) is 0 Å². The summed E-state index contributed by atoms with van der Waals surface area (Å²) < 4.78 is 0. The zero-order valence-corrected chi connectivity index (χ0v) is 7.52. The topological polar surface area (TPSA) is 29.1 Å². The predicted octanol–water partition coefficient (Wildman–Crippen LogP) is 1.11. The molecule has 0 aliphatic carbocycles. The standard InChI is InChI=1S/C10H15NO/c1-2-3-6-10(12)8-9-5-4-7-11-9/h9,11H,4-8H2,1H3. The molecule has 0 saturated carbocycles. The van der Waals surface area contributed by atoms with E-state index >= 15 is 0 Å². The second-order valence-electron chi connectivity index (χ2n) is 3.14. The molecule has 1 unspecified atom stereocenters. The van der Waals surface area contributed by atoms with Crippen LogP contribution in [0.3, 0.4) is 0 Å². The van der Waals surface area contributed by atoms with Gasteiger partial charge in [0.25, 0.3) is 0 Å². The first-order valence-corrected chi connectivity index (χ1v) is 4.47. The number of ketones is 1. The Morgan fingerprint density at radius 1 is 1.67 bits per heavy atom. The van der Waals surface area contributed by atoms with Crippen LogP contribution in [0.4, 0.5) is 0 Å². The van der Waals surface area contributed by atoms with Gasteiger partial charge in [-0.25, -0.2) is 0 Å². The van der Waals surface area contributed by atoms with Gasteiger partial charge in [0.1, 0.15) is 5.78 Å². The predicted molar refractivity (Wildman–Crippen MR) is 48.7 cm³/mol. The van der Waals surface area contributed by atoms with Gasteiger partial charge in [0.05, 0.1) is 6.42 Å². The van der Waals surface area contributed by atoms with Crippen molar-refractivity contribution in [3.8, 4) is 11.8 Å². The molecule has 1 fully saturated rings. The van der Waals surface area contributed by atoms with Crippen LogP contribution >= 0.6 is 0 Å². The Morgan fingerprint density at radius 2 is 2.50 bits per heavy atom. The molecular weight excluding hydrogens is 150 g/mol. The SMILES string of the molecule is CC#CCC(=O)CC1CCCN1. The van der Waals surface area contributed by atoms with Crippen molar-refractivity contribution >= 4 is 5.78 Å². The van der Waals surface area contributed by atoms with Gasteiger partial charge >= 0.3 is 0 Å². The maximum Gasteiger partial charge on any atom is 0.146 e. The monoisotopic (exact) mass is 165 g/mol. The number of carbonyl (C=O) groups excluding carboxylic acids is 1. The molecule has 0 amide bonds. The molecule has 1 rings (SSSR count). The van der Waals surface area contributed by atoms with E-state index in [2.05, 4.69) is 17.2 Å². The van der Waals surface area contributed by atoms with Crippen LogP contribution in [0.25, 0.3) is 0 Å². The van der Waals surface area contributed by atoms with Crippen LogP contribution in [0, 0.1) is 11.8 Å². The van der Waals surface area contributed by atoms with Crippen LogP contribution in [0.1, 0.15) is 32.6 Å². The summed E-state index contributed by atoms with van der Waals surface area (Å²) in [5, 5.41) is 3.29. The Hall–Kier alpha value is -0.810. The van der Waals surface area contributed by atoms with Crippen LogP contribution in [-0.2, 0) is 4.79 Å². The van der Waals surface area contributed by atoms with Crippen molar-refractivity contribution in [1.29, 1.82) is 0 Å². The van der Waals surface area contributed by atoms with Gasteiger partial charge < -0.3 is 5.32 Å². The van der Waals surface area contributed by atoms with Gasteiger partial charge in [0.2, 0.25) is 0 Å². The molecule has 2 heteroatoms. The third-order valence-electron chi connectivity index (χ3n) is 2.10. The van der Waals surface area contributed by atoms with Crippen molar-refractivity contribution in [1.82, 2.24) is 5.32 Å². The normalized spacial score (nSPS) is 21.6. The lowest BCUT2D eigenvalue weighted by molar-refractivity contribution is -0.118. The van der Waals surface area contributed by atoms with E-state index in [1.54, 1.807) is 6.92 Å². The van der Waals surface area contributed by atoms with Crippen molar-refractivity contribution in [2.24, 2.45) is 0 Å². The minimum Gasteiger partial charge on any atom is -0.314 e. The van der Waals surface area contributed by atoms with Gasteiger partial charge in [-0.1, -0.05) is 5.92 Å². The molecule has 0 aromatic heterocycles. The maximum atomic E-state index is 11.2. The lowest BCUT2D eigenvalue weighted by Gasteiger charge is -2.06. The number of carbonyl (C=O) groups is 1. The van der Waals surface area contributed by atoms with Gasteiger partial charge in [-0.15, -0.1) is 5.92 Å². The Morgan fingerprint density at radius 3 is 3.08 bits per heavy atom. The second kappa shape index (κ2) is 4.95. The maximum absolute atomic E-state index is 11.2. The number of nitrogens with one attached hydrogen (secondary N) is 1. The average molecular weight is 165 g/mol. The Kier molecular flexibility index (Phi) is 3.83. The molecule has 1 aliphatic rings. The Bertz CT molecular complexity index is 206. The summed E-state index contributed by atoms with van der Waals surface area (Å²) in [5.74, 6) is 5.79. The fourth-order valence-electron chi connectivity index (χ4n) is 1.46. The highest BCUT2D eigenvalue weighted by Gasteiger charge is 2.16. The van der Waals surface area contributed by atoms with Gasteiger partial charge in [0, 0.05) is 12.5 Å². The first-order valence-electron chi connectivity index (χ1n) is 4.47. The molecule has 1 N–H and O–H groups in total. The molecule has 2 nitrogen and oxygen atoms in total. The molecule has 12 heavy (non-hydrogen) atoms. The summed E-state index contributed by atoms with van der Waals surface area (Å²) in [6.45, 7) is 2.83. The van der Waals surface area contributed by atoms with Gasteiger partial charge in [0.15, 0.2) is 0 Å². The van der Waals surface area contributed by atoms with E-state index in [9.17, 15) is 4.79 Å². The smallest absolute Gasteiger partial charge is 0.146 e. The fraction of sp³-hybridized carbons (Fsp3) is 0.700. The average Bonchev–Trinajstić information content (AvgIpc) is 2.53. The zero-order chi connectivity index (χ0) is 8.81. The number of rotatable bonds is 3. The third kappa shape index (κ3) is 3.06. The summed E-state index contributed by atoms with van der Waals surface area (Å²) in [5.41, 5.74) is 0. The van der Waals surface area contributed by atoms with Crippen molar-refractivity contribution in [2.75, 3.05) is 6.54 Å². The highest BCUT2D eigenvalue weighted by atomic mass is 16.1. The van der Waals surface area contributed by atoms with Crippen LogP contribution < -0.4 is 5.32 Å². The quantitative estimate of drug-likeness (QED) is 0.635. The zero-order valence-electron chi connectivity index (χ0n) is 7.52. The number of Topliss-reactive ketones (excluding diaryl/α,β-unsaturated/α-hetero) is 1. The molecule has 0 aromatic carbocycles. The highest BCUT2D eigenvalue weighted by molar-refractivity contribution is 5.81. The van der Waals surface area contributed by atoms with E-state index in [-0.39, 0.29) is 5.78 Å². The van der Waals surface area contributed by atoms with Crippen molar-refractivity contribution < 1.29 is 4.79 Å². The largest absolute Gasteiger partial charge is 0.314 e. The van der Waals surface area contributed by atoms with E-state index in [1.165, 1.54) is 6.42 Å². The van der Waals surface area contributed by atoms with Gasteiger partial charge in [-0.3, -0.25) is 4.79 Å². The van der Waals surface area contributed by atoms with Crippen molar-refractivity contribution in [3.63, 3.8) is 0 Å². The van der Waals surface area contributed by atoms with Crippen LogP contribution in [0.15, 0.2) is 0 Å². The minimum atomic E-state index is 0.267. The Balaban J connectivity index is 2.19. The van der Waals surface area contributed by atoms with E-state index in [0.29, 0.717) is 18.9 Å². The summed E-state index contributed by atoms with van der Waals surface area (Å²) in [7, 11) is 0. The Labute approximate surface area is 73.7 Å². The van der Waals surface area contributed by atoms with Crippen LogP contribution in [-0.4, -0.2) is 18.4 Å². The number of hydrogen-bond donors (Lipinski definition) is 1. The number of hydrogen-bond acceptors (Lipinski definition) is 2. The first kappa shape index (κ1) is 9.28. The lowest BCUT2D eigenvalue weighted by Crippen LogP contribution is -2.24. The fourth-order valence-corrected chi connectivity index (χ4v) is 1.46. The highest BCUT2D eigenvalue weighted by Crippen LogP contribution is 2.09. The molecule has 1 atom stereocenters. The van der Waals surface area contributed by atoms with E-state index in [1.807, 2.05) is 0 Å². The molecule has 0 radical (unpaired) electrons. The molecule has 1 aliphatic heterocycles. The lowest BCUT2D eigenvalue weighted by atomic mass is 10.1. The molecule has 66 valence electrons. The molecule has 1 saturated heterocycles. The van der Waals surface area contributed by atoms with E-state index in [4.69, 9.17) is 0 Å². The van der Waals surface area contributed by atoms with Crippen molar-refractivity contribution in [2.45, 2.75) is 38.6 Å². The van der Waals surface area contributed by atoms with Gasteiger partial charge in [-0.05, 0) is 26.3 Å². The molecule has 0 aromatic rings. The van der Waals surface area contributed by atoms with Gasteiger partial charge in [-0.2, -0.15) is 0 Å². The van der Waals surface area contributed by atoms with Crippen molar-refractivity contribution in [3.05, 3.63) is 0 Å². The first-order chi connectivity index (χ1) is 5.83. The molecule has 0 spiro atoms.